The van der Waals surface area contributed by atoms with Crippen LogP contribution >= 0.6 is 0 Å². The Morgan fingerprint density at radius 2 is 2.07 bits per heavy atom. The molecule has 0 unspecified atom stereocenters. The van der Waals surface area contributed by atoms with Gasteiger partial charge in [-0.05, 0) is 18.2 Å². The number of amides is 1. The van der Waals surface area contributed by atoms with E-state index < -0.39 is 5.97 Å². The first-order chi connectivity index (χ1) is 6.50. The average molecular weight is 194 g/mol. The van der Waals surface area contributed by atoms with Crippen LogP contribution in [0.4, 0.5) is 11.4 Å². The van der Waals surface area contributed by atoms with Crippen molar-refractivity contribution in [3.05, 3.63) is 23.8 Å². The maximum atomic E-state index is 10.7. The number of nitrogen functional groups attached to an aromatic ring is 1. The molecule has 0 aliphatic heterocycles. The summed E-state index contributed by atoms with van der Waals surface area (Å²) >= 11 is 0. The van der Waals surface area contributed by atoms with Crippen LogP contribution in [0.3, 0.4) is 0 Å². The van der Waals surface area contributed by atoms with Crippen molar-refractivity contribution in [3.8, 4) is 0 Å². The molecule has 1 amide bonds. The number of nitrogens with two attached hydrogens (primary N) is 1. The van der Waals surface area contributed by atoms with Crippen LogP contribution < -0.4 is 11.1 Å². The zero-order chi connectivity index (χ0) is 10.7. The number of carboxylic acid groups (broad SMARTS) is 1. The monoisotopic (exact) mass is 194 g/mol. The van der Waals surface area contributed by atoms with Crippen molar-refractivity contribution < 1.29 is 14.7 Å². The van der Waals surface area contributed by atoms with E-state index in [1.165, 1.54) is 25.1 Å². The maximum Gasteiger partial charge on any atom is 0.335 e. The van der Waals surface area contributed by atoms with Gasteiger partial charge in [0.15, 0.2) is 0 Å². The third-order valence-corrected chi connectivity index (χ3v) is 1.61. The topological polar surface area (TPSA) is 92.4 Å². The highest BCUT2D eigenvalue weighted by Crippen LogP contribution is 2.19. The van der Waals surface area contributed by atoms with Crippen molar-refractivity contribution in [1.29, 1.82) is 0 Å². The Morgan fingerprint density at radius 3 is 2.50 bits per heavy atom. The maximum absolute atomic E-state index is 10.7. The summed E-state index contributed by atoms with van der Waals surface area (Å²) in [7, 11) is 0. The van der Waals surface area contributed by atoms with Crippen molar-refractivity contribution in [2.24, 2.45) is 0 Å². The summed E-state index contributed by atoms with van der Waals surface area (Å²) in [5.41, 5.74) is 6.28. The van der Waals surface area contributed by atoms with Gasteiger partial charge in [0.05, 0.1) is 16.9 Å². The molecule has 0 aliphatic rings. The molecule has 1 aromatic rings. The highest BCUT2D eigenvalue weighted by molar-refractivity contribution is 5.95. The second-order valence-electron chi connectivity index (χ2n) is 2.79. The Hall–Kier alpha value is -2.04. The SMILES string of the molecule is CC(=O)Nc1ccc(C(=O)O)cc1N. The summed E-state index contributed by atoms with van der Waals surface area (Å²) in [6.45, 7) is 1.35. The van der Waals surface area contributed by atoms with Gasteiger partial charge in [-0.2, -0.15) is 0 Å². The Morgan fingerprint density at radius 1 is 1.43 bits per heavy atom. The summed E-state index contributed by atoms with van der Waals surface area (Å²) in [6.07, 6.45) is 0. The quantitative estimate of drug-likeness (QED) is 0.610. The summed E-state index contributed by atoms with van der Waals surface area (Å²) in [5.74, 6) is -1.30. The van der Waals surface area contributed by atoms with Crippen LogP contribution in [0.25, 0.3) is 0 Å². The fourth-order valence-corrected chi connectivity index (χ4v) is 0.999. The fourth-order valence-electron chi connectivity index (χ4n) is 0.999. The van der Waals surface area contributed by atoms with E-state index in [4.69, 9.17) is 10.8 Å². The van der Waals surface area contributed by atoms with Crippen LogP contribution in [-0.4, -0.2) is 17.0 Å². The molecule has 1 aromatic carbocycles. The first kappa shape index (κ1) is 10.0. The molecule has 0 radical (unpaired) electrons. The molecule has 1 rings (SSSR count). The largest absolute Gasteiger partial charge is 0.478 e. The van der Waals surface area contributed by atoms with Crippen LogP contribution in [0.15, 0.2) is 18.2 Å². The molecule has 0 aliphatic carbocycles. The van der Waals surface area contributed by atoms with E-state index in [0.29, 0.717) is 5.69 Å². The Kier molecular flexibility index (Phi) is 2.71. The molecule has 0 aromatic heterocycles. The minimum absolute atomic E-state index is 0.0941. The average Bonchev–Trinajstić information content (AvgIpc) is 2.07. The number of aromatic carboxylic acids is 1. The first-order valence-corrected chi connectivity index (χ1v) is 3.91. The van der Waals surface area contributed by atoms with Gasteiger partial charge in [-0.25, -0.2) is 4.79 Å². The lowest BCUT2D eigenvalue weighted by Crippen LogP contribution is -2.09. The van der Waals surface area contributed by atoms with E-state index in [-0.39, 0.29) is 17.2 Å². The van der Waals surface area contributed by atoms with Crippen molar-refractivity contribution in [3.63, 3.8) is 0 Å². The number of benzene rings is 1. The van der Waals surface area contributed by atoms with Gasteiger partial charge in [-0.1, -0.05) is 0 Å². The standard InChI is InChI=1S/C9H10N2O3/c1-5(12)11-8-3-2-6(9(13)14)4-7(8)10/h2-4H,10H2,1H3,(H,11,12)(H,13,14). The molecule has 4 N–H and O–H groups in total. The normalized spacial score (nSPS) is 9.50. The lowest BCUT2D eigenvalue weighted by molar-refractivity contribution is -0.114. The Bertz CT molecular complexity index is 388. The zero-order valence-corrected chi connectivity index (χ0v) is 7.57. The van der Waals surface area contributed by atoms with E-state index in [0.717, 1.165) is 0 Å². The third kappa shape index (κ3) is 2.22. The van der Waals surface area contributed by atoms with Crippen molar-refractivity contribution >= 4 is 23.3 Å². The van der Waals surface area contributed by atoms with Crippen LogP contribution in [-0.2, 0) is 4.79 Å². The van der Waals surface area contributed by atoms with Crippen LogP contribution in [0, 0.1) is 0 Å². The summed E-state index contributed by atoms with van der Waals surface area (Å²) in [5, 5.41) is 11.1. The predicted octanol–water partition coefficient (Wildman–Crippen LogP) is 0.925. The third-order valence-electron chi connectivity index (χ3n) is 1.61. The molecule has 74 valence electrons. The Balaban J connectivity index is 3.01. The molecule has 0 atom stereocenters. The van der Waals surface area contributed by atoms with Crippen LogP contribution in [0.2, 0.25) is 0 Å². The number of carboxylic acids is 1. The molecule has 14 heavy (non-hydrogen) atoms. The van der Waals surface area contributed by atoms with E-state index in [1.807, 2.05) is 0 Å². The highest BCUT2D eigenvalue weighted by atomic mass is 16.4. The number of rotatable bonds is 2. The minimum Gasteiger partial charge on any atom is -0.478 e. The number of nitrogens with one attached hydrogen (secondary N) is 1. The van der Waals surface area contributed by atoms with Gasteiger partial charge < -0.3 is 16.2 Å². The number of hydrogen-bond donors (Lipinski definition) is 3. The molecule has 0 heterocycles. The number of carbonyl (C=O) groups excluding carboxylic acids is 1. The molecule has 0 fully saturated rings. The number of hydrogen-bond acceptors (Lipinski definition) is 3. The van der Waals surface area contributed by atoms with E-state index in [9.17, 15) is 9.59 Å². The zero-order valence-electron chi connectivity index (χ0n) is 7.57. The van der Waals surface area contributed by atoms with Crippen LogP contribution in [0.1, 0.15) is 17.3 Å². The van der Waals surface area contributed by atoms with Gasteiger partial charge in [0, 0.05) is 6.92 Å². The predicted molar refractivity (Wildman–Crippen MR) is 52.1 cm³/mol. The molecule has 5 heteroatoms. The molecular formula is C9H10N2O3. The number of anilines is 2. The van der Waals surface area contributed by atoms with Crippen molar-refractivity contribution in [2.75, 3.05) is 11.1 Å². The summed E-state index contributed by atoms with van der Waals surface area (Å²) in [4.78, 5) is 21.2. The molecular weight excluding hydrogens is 184 g/mol. The first-order valence-electron chi connectivity index (χ1n) is 3.91. The fraction of sp³-hybridized carbons (Fsp3) is 0.111. The Labute approximate surface area is 80.5 Å². The van der Waals surface area contributed by atoms with Gasteiger partial charge in [0.25, 0.3) is 0 Å². The molecule has 0 saturated heterocycles. The lowest BCUT2D eigenvalue weighted by Gasteiger charge is -2.06. The van der Waals surface area contributed by atoms with Gasteiger partial charge >= 0.3 is 5.97 Å². The number of carbonyl (C=O) groups is 2. The van der Waals surface area contributed by atoms with E-state index >= 15 is 0 Å². The van der Waals surface area contributed by atoms with Gasteiger partial charge in [-0.3, -0.25) is 4.79 Å². The summed E-state index contributed by atoms with van der Waals surface area (Å²) < 4.78 is 0. The minimum atomic E-state index is -1.05. The van der Waals surface area contributed by atoms with E-state index in [2.05, 4.69) is 5.32 Å². The van der Waals surface area contributed by atoms with Gasteiger partial charge in [-0.15, -0.1) is 0 Å². The molecule has 0 bridgehead atoms. The molecule has 0 spiro atoms. The highest BCUT2D eigenvalue weighted by Gasteiger charge is 2.06. The van der Waals surface area contributed by atoms with E-state index in [1.54, 1.807) is 0 Å². The van der Waals surface area contributed by atoms with Crippen molar-refractivity contribution in [1.82, 2.24) is 0 Å². The van der Waals surface area contributed by atoms with Gasteiger partial charge in [0.2, 0.25) is 5.91 Å². The summed E-state index contributed by atoms with van der Waals surface area (Å²) in [6, 6.07) is 4.14. The molecule has 0 saturated carbocycles. The van der Waals surface area contributed by atoms with Crippen LogP contribution in [0.5, 0.6) is 0 Å². The lowest BCUT2D eigenvalue weighted by atomic mass is 10.2. The molecule has 5 nitrogen and oxygen atoms in total. The second kappa shape index (κ2) is 3.78. The van der Waals surface area contributed by atoms with Crippen molar-refractivity contribution in [2.45, 2.75) is 6.92 Å². The smallest absolute Gasteiger partial charge is 0.335 e. The second-order valence-corrected chi connectivity index (χ2v) is 2.79. The van der Waals surface area contributed by atoms with Gasteiger partial charge in [0.1, 0.15) is 0 Å².